The van der Waals surface area contributed by atoms with Gasteiger partial charge in [-0.3, -0.25) is 9.69 Å². The van der Waals surface area contributed by atoms with Crippen LogP contribution in [0.4, 0.5) is 0 Å². The van der Waals surface area contributed by atoms with Crippen LogP contribution in [0.15, 0.2) is 59.0 Å². The van der Waals surface area contributed by atoms with Gasteiger partial charge in [0.15, 0.2) is 5.76 Å². The molecule has 2 aromatic carbocycles. The van der Waals surface area contributed by atoms with Crippen LogP contribution >= 0.6 is 11.6 Å². The Bertz CT molecular complexity index is 1100. The van der Waals surface area contributed by atoms with E-state index in [0.29, 0.717) is 37.1 Å². The number of ether oxygens (including phenoxy) is 1. The second-order valence-electron chi connectivity index (χ2n) is 8.91. The van der Waals surface area contributed by atoms with E-state index in [0.717, 1.165) is 47.1 Å². The third-order valence-electron chi connectivity index (χ3n) is 6.04. The van der Waals surface area contributed by atoms with Crippen molar-refractivity contribution in [2.24, 2.45) is 0 Å². The number of carbonyl (C=O) groups is 1. The van der Waals surface area contributed by atoms with Gasteiger partial charge in [-0.1, -0.05) is 55.8 Å². The normalized spacial score (nSPS) is 14.6. The largest absolute Gasteiger partial charge is 0.485 e. The zero-order valence-electron chi connectivity index (χ0n) is 19.5. The minimum Gasteiger partial charge on any atom is -0.485 e. The molecule has 0 atom stereocenters. The molecule has 174 valence electrons. The van der Waals surface area contributed by atoms with Gasteiger partial charge in [-0.2, -0.15) is 0 Å². The number of carbonyl (C=O) groups excluding carboxylic acids is 1. The van der Waals surface area contributed by atoms with Crippen molar-refractivity contribution in [3.05, 3.63) is 87.8 Å². The molecule has 0 saturated carbocycles. The smallest absolute Gasteiger partial charge is 0.289 e. The predicted molar refractivity (Wildman–Crippen MR) is 131 cm³/mol. The molecule has 5 nitrogen and oxygen atoms in total. The van der Waals surface area contributed by atoms with Gasteiger partial charge in [0, 0.05) is 37.7 Å². The topological polar surface area (TPSA) is 45.9 Å². The fourth-order valence-electron chi connectivity index (χ4n) is 4.10. The summed E-state index contributed by atoms with van der Waals surface area (Å²) in [5.74, 6) is 2.17. The first kappa shape index (κ1) is 23.4. The van der Waals surface area contributed by atoms with E-state index < -0.39 is 0 Å². The minimum atomic E-state index is -0.0722. The molecule has 1 aliphatic rings. The number of amides is 1. The number of hydrogen-bond acceptors (Lipinski definition) is 4. The lowest BCUT2D eigenvalue weighted by molar-refractivity contribution is 0.0594. The van der Waals surface area contributed by atoms with E-state index in [-0.39, 0.29) is 5.91 Å². The van der Waals surface area contributed by atoms with Gasteiger partial charge in [-0.15, -0.1) is 0 Å². The number of benzene rings is 2. The zero-order valence-corrected chi connectivity index (χ0v) is 20.3. The van der Waals surface area contributed by atoms with E-state index in [2.05, 4.69) is 37.8 Å². The summed E-state index contributed by atoms with van der Waals surface area (Å²) in [6.45, 7) is 10.4. The van der Waals surface area contributed by atoms with Crippen molar-refractivity contribution >= 4 is 17.5 Å². The van der Waals surface area contributed by atoms with Crippen LogP contribution in [0.3, 0.4) is 0 Å². The minimum absolute atomic E-state index is 0.0722. The fourth-order valence-corrected chi connectivity index (χ4v) is 4.29. The Hall–Kier alpha value is -2.76. The molecule has 3 aromatic rings. The number of nitrogens with zero attached hydrogens (tertiary/aromatic N) is 2. The molecule has 6 heteroatoms. The molecule has 2 heterocycles. The molecule has 33 heavy (non-hydrogen) atoms. The van der Waals surface area contributed by atoms with Crippen molar-refractivity contribution in [2.75, 3.05) is 26.2 Å². The molecule has 1 aliphatic heterocycles. The predicted octanol–water partition coefficient (Wildman–Crippen LogP) is 5.90. The van der Waals surface area contributed by atoms with Crippen LogP contribution < -0.4 is 4.74 Å². The van der Waals surface area contributed by atoms with Gasteiger partial charge in [0.1, 0.15) is 18.1 Å². The Balaban J connectivity index is 1.32. The molecule has 4 rings (SSSR count). The van der Waals surface area contributed by atoms with E-state index >= 15 is 0 Å². The van der Waals surface area contributed by atoms with Crippen LogP contribution in [0.25, 0.3) is 0 Å². The third kappa shape index (κ3) is 5.79. The van der Waals surface area contributed by atoms with Crippen molar-refractivity contribution in [3.63, 3.8) is 0 Å². The maximum absolute atomic E-state index is 12.9. The second-order valence-corrected chi connectivity index (χ2v) is 9.32. The van der Waals surface area contributed by atoms with Gasteiger partial charge in [0.25, 0.3) is 5.91 Å². The summed E-state index contributed by atoms with van der Waals surface area (Å²) in [5, 5.41) is 0.785. The van der Waals surface area contributed by atoms with Gasteiger partial charge in [0.05, 0.1) is 0 Å². The van der Waals surface area contributed by atoms with Crippen LogP contribution in [0.5, 0.6) is 5.75 Å². The molecule has 0 spiro atoms. The molecule has 0 radical (unpaired) electrons. The number of halogens is 1. The maximum Gasteiger partial charge on any atom is 0.289 e. The molecule has 0 aliphatic carbocycles. The van der Waals surface area contributed by atoms with Crippen LogP contribution in [0.1, 0.15) is 52.8 Å². The Morgan fingerprint density at radius 1 is 1.06 bits per heavy atom. The summed E-state index contributed by atoms with van der Waals surface area (Å²) in [6.07, 6.45) is 0. The Morgan fingerprint density at radius 3 is 2.55 bits per heavy atom. The first-order chi connectivity index (χ1) is 15.9. The van der Waals surface area contributed by atoms with E-state index in [1.807, 2.05) is 41.3 Å². The SMILES string of the molecule is Cc1ccc(C(C)C)c(OCc2ccc(C(=O)N3CCN(Cc4ccccc4Cl)CC3)o2)c1. The lowest BCUT2D eigenvalue weighted by Gasteiger charge is -2.34. The van der Waals surface area contributed by atoms with E-state index in [9.17, 15) is 4.79 Å². The van der Waals surface area contributed by atoms with Crippen molar-refractivity contribution < 1.29 is 13.9 Å². The van der Waals surface area contributed by atoms with Crippen molar-refractivity contribution in [3.8, 4) is 5.75 Å². The third-order valence-corrected chi connectivity index (χ3v) is 6.41. The highest BCUT2D eigenvalue weighted by atomic mass is 35.5. The lowest BCUT2D eigenvalue weighted by atomic mass is 10.0. The molecule has 1 saturated heterocycles. The van der Waals surface area contributed by atoms with Gasteiger partial charge in [-0.25, -0.2) is 0 Å². The highest BCUT2D eigenvalue weighted by Gasteiger charge is 2.24. The lowest BCUT2D eigenvalue weighted by Crippen LogP contribution is -2.48. The number of hydrogen-bond donors (Lipinski definition) is 0. The Morgan fingerprint density at radius 2 is 1.82 bits per heavy atom. The molecule has 1 amide bonds. The average molecular weight is 467 g/mol. The summed E-state index contributed by atoms with van der Waals surface area (Å²) >= 11 is 6.29. The number of piperazine rings is 1. The number of rotatable bonds is 7. The second kappa shape index (κ2) is 10.4. The van der Waals surface area contributed by atoms with Crippen molar-refractivity contribution in [1.29, 1.82) is 0 Å². The van der Waals surface area contributed by atoms with Gasteiger partial charge < -0.3 is 14.1 Å². The van der Waals surface area contributed by atoms with Crippen LogP contribution in [-0.4, -0.2) is 41.9 Å². The quantitative estimate of drug-likeness (QED) is 0.434. The molecule has 0 bridgehead atoms. The van der Waals surface area contributed by atoms with E-state index in [1.54, 1.807) is 6.07 Å². The first-order valence-electron chi connectivity index (χ1n) is 11.5. The van der Waals surface area contributed by atoms with Crippen molar-refractivity contribution in [2.45, 2.75) is 39.8 Å². The maximum atomic E-state index is 12.9. The standard InChI is InChI=1S/C27H31ClN2O3/c1-19(2)23-10-8-20(3)16-26(23)32-18-22-9-11-25(33-22)27(31)30-14-12-29(13-15-30)17-21-6-4-5-7-24(21)28/h4-11,16,19H,12-15,17-18H2,1-3H3. The summed E-state index contributed by atoms with van der Waals surface area (Å²) in [7, 11) is 0. The van der Waals surface area contributed by atoms with E-state index in [1.165, 1.54) is 0 Å². The van der Waals surface area contributed by atoms with Gasteiger partial charge >= 0.3 is 0 Å². The molecule has 1 aromatic heterocycles. The van der Waals surface area contributed by atoms with Gasteiger partial charge in [0.2, 0.25) is 0 Å². The number of furan rings is 1. The zero-order chi connectivity index (χ0) is 23.4. The highest BCUT2D eigenvalue weighted by molar-refractivity contribution is 6.31. The molecule has 0 unspecified atom stereocenters. The summed E-state index contributed by atoms with van der Waals surface area (Å²) in [6, 6.07) is 17.7. The number of aryl methyl sites for hydroxylation is 1. The molecular formula is C27H31ClN2O3. The van der Waals surface area contributed by atoms with Crippen LogP contribution in [-0.2, 0) is 13.2 Å². The van der Waals surface area contributed by atoms with Crippen molar-refractivity contribution in [1.82, 2.24) is 9.80 Å². The average Bonchev–Trinajstić information content (AvgIpc) is 3.28. The van der Waals surface area contributed by atoms with Crippen LogP contribution in [0.2, 0.25) is 5.02 Å². The summed E-state index contributed by atoms with van der Waals surface area (Å²) in [4.78, 5) is 17.1. The van der Waals surface area contributed by atoms with Gasteiger partial charge in [-0.05, 0) is 53.8 Å². The molecular weight excluding hydrogens is 436 g/mol. The summed E-state index contributed by atoms with van der Waals surface area (Å²) < 4.78 is 11.9. The fraction of sp³-hybridized carbons (Fsp3) is 0.370. The molecule has 1 fully saturated rings. The monoisotopic (exact) mass is 466 g/mol. The molecule has 0 N–H and O–H groups in total. The van der Waals surface area contributed by atoms with E-state index in [4.69, 9.17) is 20.8 Å². The highest BCUT2D eigenvalue weighted by Crippen LogP contribution is 2.28. The Kier molecular flexibility index (Phi) is 7.41. The first-order valence-corrected chi connectivity index (χ1v) is 11.9. The Labute approximate surface area is 200 Å². The summed E-state index contributed by atoms with van der Waals surface area (Å²) in [5.41, 5.74) is 3.43. The van der Waals surface area contributed by atoms with Crippen LogP contribution in [0, 0.1) is 6.92 Å².